The Balaban J connectivity index is 2.31. The minimum Gasteiger partial charge on any atom is -0.387 e. The zero-order chi connectivity index (χ0) is 13.5. The zero-order valence-electron chi connectivity index (χ0n) is 11.4. The van der Waals surface area contributed by atoms with Crippen molar-refractivity contribution in [1.29, 1.82) is 5.41 Å². The summed E-state index contributed by atoms with van der Waals surface area (Å²) in [5, 5.41) is 10.3. The van der Waals surface area contributed by atoms with E-state index in [0.717, 1.165) is 39.0 Å². The van der Waals surface area contributed by atoms with Crippen LogP contribution in [0.3, 0.4) is 0 Å². The van der Waals surface area contributed by atoms with Crippen LogP contribution in [0.15, 0.2) is 0 Å². The topological polar surface area (TPSA) is 85.5 Å². The van der Waals surface area contributed by atoms with Gasteiger partial charge >= 0.3 is 6.03 Å². The van der Waals surface area contributed by atoms with Crippen LogP contribution in [0.2, 0.25) is 0 Å². The van der Waals surface area contributed by atoms with E-state index >= 15 is 0 Å². The molecule has 2 amide bonds. The second kappa shape index (κ2) is 7.20. The lowest BCUT2D eigenvalue weighted by atomic mass is 10.1. The third kappa shape index (κ3) is 4.52. The van der Waals surface area contributed by atoms with Crippen molar-refractivity contribution in [1.82, 2.24) is 15.1 Å². The number of hydrogen-bond acceptors (Lipinski definition) is 3. The van der Waals surface area contributed by atoms with Gasteiger partial charge in [0.1, 0.15) is 5.84 Å². The molecule has 1 aliphatic heterocycles. The van der Waals surface area contributed by atoms with Crippen molar-refractivity contribution in [2.75, 3.05) is 32.7 Å². The summed E-state index contributed by atoms with van der Waals surface area (Å²) in [6, 6.07) is 0.284. The number of urea groups is 1. The number of nitrogens with zero attached hydrogens (tertiary/aromatic N) is 2. The quantitative estimate of drug-likeness (QED) is 0.492. The highest BCUT2D eigenvalue weighted by Gasteiger charge is 2.22. The predicted molar refractivity (Wildman–Crippen MR) is 72.8 cm³/mol. The number of rotatable bonds is 5. The molecule has 0 bridgehead atoms. The number of nitrogens with two attached hydrogens (primary N) is 1. The van der Waals surface area contributed by atoms with Crippen LogP contribution < -0.4 is 11.1 Å². The van der Waals surface area contributed by atoms with E-state index in [9.17, 15) is 4.79 Å². The Morgan fingerprint density at radius 1 is 1.39 bits per heavy atom. The molecule has 18 heavy (non-hydrogen) atoms. The van der Waals surface area contributed by atoms with Crippen molar-refractivity contribution in [3.8, 4) is 0 Å². The summed E-state index contributed by atoms with van der Waals surface area (Å²) in [4.78, 5) is 15.8. The first-order valence-electron chi connectivity index (χ1n) is 6.67. The van der Waals surface area contributed by atoms with Gasteiger partial charge in [-0.15, -0.1) is 0 Å². The molecule has 104 valence electrons. The van der Waals surface area contributed by atoms with E-state index < -0.39 is 0 Å². The standard InChI is InChI=1S/C12H25N5O/c1-3-17(4-2)12(18)15-10-5-7-16(8-6-10)9-11(13)14/h10H,3-9H2,1-2H3,(H3,13,14)(H,15,18). The number of carbonyl (C=O) groups excluding carboxylic acids is 1. The van der Waals surface area contributed by atoms with Gasteiger partial charge in [-0.05, 0) is 26.7 Å². The van der Waals surface area contributed by atoms with E-state index in [1.807, 2.05) is 13.8 Å². The number of nitrogens with one attached hydrogen (secondary N) is 2. The summed E-state index contributed by atoms with van der Waals surface area (Å²) in [5.41, 5.74) is 5.38. The first kappa shape index (κ1) is 14.8. The van der Waals surface area contributed by atoms with Gasteiger partial charge in [-0.2, -0.15) is 0 Å². The smallest absolute Gasteiger partial charge is 0.317 e. The number of piperidine rings is 1. The van der Waals surface area contributed by atoms with Gasteiger partial charge in [0, 0.05) is 32.2 Å². The van der Waals surface area contributed by atoms with E-state index in [4.69, 9.17) is 11.1 Å². The Hall–Kier alpha value is -1.30. The maximum absolute atomic E-state index is 11.9. The highest BCUT2D eigenvalue weighted by atomic mass is 16.2. The number of carbonyl (C=O) groups is 1. The molecule has 0 unspecified atom stereocenters. The van der Waals surface area contributed by atoms with Gasteiger partial charge in [-0.3, -0.25) is 10.3 Å². The first-order chi connectivity index (χ1) is 8.56. The summed E-state index contributed by atoms with van der Waals surface area (Å²) in [6.07, 6.45) is 1.86. The molecule has 0 aromatic rings. The van der Waals surface area contributed by atoms with Crippen molar-refractivity contribution in [3.63, 3.8) is 0 Å². The van der Waals surface area contributed by atoms with E-state index in [1.54, 1.807) is 4.90 Å². The van der Waals surface area contributed by atoms with E-state index in [-0.39, 0.29) is 17.9 Å². The monoisotopic (exact) mass is 255 g/mol. The van der Waals surface area contributed by atoms with Crippen LogP contribution >= 0.6 is 0 Å². The molecule has 0 atom stereocenters. The zero-order valence-corrected chi connectivity index (χ0v) is 11.4. The molecule has 6 heteroatoms. The van der Waals surface area contributed by atoms with Crippen LogP contribution in [0.1, 0.15) is 26.7 Å². The third-order valence-electron chi connectivity index (χ3n) is 3.36. The average molecular weight is 255 g/mol. The molecule has 0 saturated carbocycles. The number of amides is 2. The molecule has 1 fully saturated rings. The lowest BCUT2D eigenvalue weighted by molar-refractivity contribution is 0.182. The van der Waals surface area contributed by atoms with Gasteiger partial charge in [0.05, 0.1) is 6.54 Å². The Kier molecular flexibility index (Phi) is 5.91. The SMILES string of the molecule is CCN(CC)C(=O)NC1CCN(CC(=N)N)CC1. The van der Waals surface area contributed by atoms with Crippen LogP contribution in [0, 0.1) is 5.41 Å². The summed E-state index contributed by atoms with van der Waals surface area (Å²) < 4.78 is 0. The molecule has 0 radical (unpaired) electrons. The predicted octanol–water partition coefficient (Wildman–Crippen LogP) is 0.438. The number of likely N-dealkylation sites (tertiary alicyclic amines) is 1. The van der Waals surface area contributed by atoms with Gasteiger partial charge in [0.25, 0.3) is 0 Å². The molecule has 4 N–H and O–H groups in total. The van der Waals surface area contributed by atoms with Crippen molar-refractivity contribution in [3.05, 3.63) is 0 Å². The van der Waals surface area contributed by atoms with Crippen molar-refractivity contribution >= 4 is 11.9 Å². The van der Waals surface area contributed by atoms with Gasteiger partial charge in [0.15, 0.2) is 0 Å². The van der Waals surface area contributed by atoms with Gasteiger partial charge in [0.2, 0.25) is 0 Å². The van der Waals surface area contributed by atoms with Crippen LogP contribution in [0.4, 0.5) is 4.79 Å². The summed E-state index contributed by atoms with van der Waals surface area (Å²) in [6.45, 7) is 7.77. The maximum atomic E-state index is 11.9. The molecule has 0 aromatic heterocycles. The minimum atomic E-state index is 0.0324. The largest absolute Gasteiger partial charge is 0.387 e. The molecule has 0 aliphatic carbocycles. The molecule has 6 nitrogen and oxygen atoms in total. The highest BCUT2D eigenvalue weighted by molar-refractivity contribution is 5.79. The molecular formula is C12H25N5O. The maximum Gasteiger partial charge on any atom is 0.317 e. The lowest BCUT2D eigenvalue weighted by Crippen LogP contribution is -2.50. The lowest BCUT2D eigenvalue weighted by Gasteiger charge is -2.33. The second-order valence-corrected chi connectivity index (χ2v) is 4.70. The van der Waals surface area contributed by atoms with Gasteiger partial charge < -0.3 is 16.0 Å². The molecule has 1 heterocycles. The fourth-order valence-corrected chi connectivity index (χ4v) is 2.25. The van der Waals surface area contributed by atoms with E-state index in [1.165, 1.54) is 0 Å². The molecule has 1 rings (SSSR count). The molecule has 1 aliphatic rings. The van der Waals surface area contributed by atoms with E-state index in [0.29, 0.717) is 6.54 Å². The Morgan fingerprint density at radius 3 is 2.39 bits per heavy atom. The van der Waals surface area contributed by atoms with Crippen molar-refractivity contribution in [2.45, 2.75) is 32.7 Å². The number of amidine groups is 1. The third-order valence-corrected chi connectivity index (χ3v) is 3.36. The normalized spacial score (nSPS) is 17.4. The second-order valence-electron chi connectivity index (χ2n) is 4.70. The van der Waals surface area contributed by atoms with Gasteiger partial charge in [-0.25, -0.2) is 4.79 Å². The number of hydrogen-bond donors (Lipinski definition) is 3. The van der Waals surface area contributed by atoms with Crippen LogP contribution in [-0.4, -0.2) is 60.4 Å². The molecular weight excluding hydrogens is 230 g/mol. The van der Waals surface area contributed by atoms with Gasteiger partial charge in [-0.1, -0.05) is 0 Å². The van der Waals surface area contributed by atoms with Crippen LogP contribution in [0.25, 0.3) is 0 Å². The molecule has 0 aromatic carbocycles. The first-order valence-corrected chi connectivity index (χ1v) is 6.67. The molecule has 1 saturated heterocycles. The molecule has 0 spiro atoms. The Bertz CT molecular complexity index is 282. The minimum absolute atomic E-state index is 0.0324. The van der Waals surface area contributed by atoms with Crippen LogP contribution in [0.5, 0.6) is 0 Å². The fourth-order valence-electron chi connectivity index (χ4n) is 2.25. The summed E-state index contributed by atoms with van der Waals surface area (Å²) in [5.74, 6) is 0.209. The summed E-state index contributed by atoms with van der Waals surface area (Å²) >= 11 is 0. The fraction of sp³-hybridized carbons (Fsp3) is 0.833. The Labute approximate surface area is 109 Å². The Morgan fingerprint density at radius 2 is 1.94 bits per heavy atom. The average Bonchev–Trinajstić information content (AvgIpc) is 2.32. The highest BCUT2D eigenvalue weighted by Crippen LogP contribution is 2.10. The van der Waals surface area contributed by atoms with Crippen molar-refractivity contribution in [2.24, 2.45) is 5.73 Å². The van der Waals surface area contributed by atoms with Crippen LogP contribution in [-0.2, 0) is 0 Å². The summed E-state index contributed by atoms with van der Waals surface area (Å²) in [7, 11) is 0. The van der Waals surface area contributed by atoms with E-state index in [2.05, 4.69) is 10.2 Å². The van der Waals surface area contributed by atoms with Crippen molar-refractivity contribution < 1.29 is 4.79 Å².